The van der Waals surface area contributed by atoms with Crippen LogP contribution in [0.2, 0.25) is 0 Å². The van der Waals surface area contributed by atoms with Crippen LogP contribution >= 0.6 is 0 Å². The normalized spacial score (nSPS) is 19.9. The summed E-state index contributed by atoms with van der Waals surface area (Å²) in [6.45, 7) is 0.671. The molecule has 1 aliphatic rings. The van der Waals surface area contributed by atoms with Crippen molar-refractivity contribution in [3.8, 4) is 0 Å². The molecule has 2 N–H and O–H groups in total. The van der Waals surface area contributed by atoms with Crippen LogP contribution in [-0.4, -0.2) is 18.5 Å². The predicted molar refractivity (Wildman–Crippen MR) is 73.5 cm³/mol. The Hall–Kier alpha value is -1.56. The molecule has 1 amide bonds. The first kappa shape index (κ1) is 15.8. The van der Waals surface area contributed by atoms with Crippen molar-refractivity contribution >= 4 is 5.91 Å². The molecule has 6 heteroatoms. The zero-order valence-corrected chi connectivity index (χ0v) is 11.7. The molecule has 0 bridgehead atoms. The fourth-order valence-corrected chi connectivity index (χ4v) is 2.51. The first-order valence-corrected chi connectivity index (χ1v) is 7.14. The van der Waals surface area contributed by atoms with Crippen LogP contribution in [0.15, 0.2) is 24.3 Å². The van der Waals surface area contributed by atoms with Gasteiger partial charge < -0.3 is 10.6 Å². The second-order valence-electron chi connectivity index (χ2n) is 5.23. The molecular weight excluding hydrogens is 281 g/mol. The van der Waals surface area contributed by atoms with E-state index in [1.54, 1.807) is 6.07 Å². The second kappa shape index (κ2) is 6.93. The van der Waals surface area contributed by atoms with Gasteiger partial charge in [0.15, 0.2) is 0 Å². The van der Waals surface area contributed by atoms with Crippen LogP contribution in [0.5, 0.6) is 0 Å². The van der Waals surface area contributed by atoms with Gasteiger partial charge in [0.05, 0.1) is 11.6 Å². The molecular formula is C15H19F3N2O. The summed E-state index contributed by atoms with van der Waals surface area (Å²) in [5, 5.41) is 5.74. The molecule has 21 heavy (non-hydrogen) atoms. The third kappa shape index (κ3) is 4.46. The number of hydrogen-bond acceptors (Lipinski definition) is 2. The van der Waals surface area contributed by atoms with E-state index in [2.05, 4.69) is 10.6 Å². The molecule has 0 radical (unpaired) electrons. The Morgan fingerprint density at radius 2 is 2.00 bits per heavy atom. The van der Waals surface area contributed by atoms with Gasteiger partial charge in [-0.2, -0.15) is 13.2 Å². The minimum absolute atomic E-state index is 0.0898. The average Bonchev–Trinajstić information content (AvgIpc) is 2.73. The third-order valence-electron chi connectivity index (χ3n) is 3.65. The number of amides is 1. The highest BCUT2D eigenvalue weighted by Crippen LogP contribution is 2.31. The number of carbonyl (C=O) groups is 1. The molecule has 0 aliphatic carbocycles. The van der Waals surface area contributed by atoms with E-state index < -0.39 is 11.7 Å². The van der Waals surface area contributed by atoms with E-state index >= 15 is 0 Å². The molecule has 3 nitrogen and oxygen atoms in total. The number of benzene rings is 1. The SMILES string of the molecule is O=C(NCc1ccccc1C(F)(F)F)C1CCCCCN1. The monoisotopic (exact) mass is 300 g/mol. The van der Waals surface area contributed by atoms with Gasteiger partial charge >= 0.3 is 6.18 Å². The molecule has 2 rings (SSSR count). The van der Waals surface area contributed by atoms with E-state index in [4.69, 9.17) is 0 Å². The van der Waals surface area contributed by atoms with Crippen LogP contribution < -0.4 is 10.6 Å². The van der Waals surface area contributed by atoms with Crippen molar-refractivity contribution in [1.29, 1.82) is 0 Å². The summed E-state index contributed by atoms with van der Waals surface area (Å²) >= 11 is 0. The molecule has 0 spiro atoms. The first-order chi connectivity index (χ1) is 9.98. The lowest BCUT2D eigenvalue weighted by molar-refractivity contribution is -0.138. The van der Waals surface area contributed by atoms with E-state index in [1.807, 2.05) is 0 Å². The average molecular weight is 300 g/mol. The Balaban J connectivity index is 1.98. The number of carbonyl (C=O) groups excluding carboxylic acids is 1. The van der Waals surface area contributed by atoms with Gasteiger partial charge in [0.25, 0.3) is 0 Å². The summed E-state index contributed by atoms with van der Waals surface area (Å²) in [6.07, 6.45) is -0.604. The van der Waals surface area contributed by atoms with Crippen LogP contribution in [0.3, 0.4) is 0 Å². The van der Waals surface area contributed by atoms with Gasteiger partial charge in [-0.1, -0.05) is 31.0 Å². The van der Waals surface area contributed by atoms with Crippen molar-refractivity contribution in [3.05, 3.63) is 35.4 Å². The van der Waals surface area contributed by atoms with Crippen molar-refractivity contribution < 1.29 is 18.0 Å². The molecule has 1 atom stereocenters. The van der Waals surface area contributed by atoms with E-state index in [0.717, 1.165) is 38.3 Å². The Morgan fingerprint density at radius 3 is 2.76 bits per heavy atom. The maximum absolute atomic E-state index is 12.9. The summed E-state index contributed by atoms with van der Waals surface area (Å²) in [5.41, 5.74) is -0.605. The van der Waals surface area contributed by atoms with Gasteiger partial charge in [-0.05, 0) is 31.0 Å². The molecule has 1 aromatic rings. The predicted octanol–water partition coefficient (Wildman–Crippen LogP) is 2.85. The van der Waals surface area contributed by atoms with E-state index in [-0.39, 0.29) is 24.1 Å². The number of halogens is 3. The third-order valence-corrected chi connectivity index (χ3v) is 3.65. The van der Waals surface area contributed by atoms with Gasteiger partial charge in [0.2, 0.25) is 5.91 Å². The molecule has 0 saturated carbocycles. The number of nitrogens with one attached hydrogen (secondary N) is 2. The summed E-state index contributed by atoms with van der Waals surface area (Å²) in [6, 6.07) is 5.02. The van der Waals surface area contributed by atoms with Crippen molar-refractivity contribution in [1.82, 2.24) is 10.6 Å². The molecule has 1 unspecified atom stereocenters. The summed E-state index contributed by atoms with van der Waals surface area (Å²) in [4.78, 5) is 12.0. The lowest BCUT2D eigenvalue weighted by atomic mass is 10.1. The van der Waals surface area contributed by atoms with Gasteiger partial charge in [-0.3, -0.25) is 4.79 Å². The Labute approximate surface area is 121 Å². The molecule has 116 valence electrons. The van der Waals surface area contributed by atoms with Gasteiger partial charge in [-0.15, -0.1) is 0 Å². The fraction of sp³-hybridized carbons (Fsp3) is 0.533. The Morgan fingerprint density at radius 1 is 1.24 bits per heavy atom. The van der Waals surface area contributed by atoms with E-state index in [0.29, 0.717) is 0 Å². The summed E-state index contributed by atoms with van der Waals surface area (Å²) in [5.74, 6) is -0.228. The molecule has 1 fully saturated rings. The lowest BCUT2D eigenvalue weighted by Gasteiger charge is -2.17. The van der Waals surface area contributed by atoms with Crippen LogP contribution in [0.4, 0.5) is 13.2 Å². The maximum Gasteiger partial charge on any atom is 0.416 e. The van der Waals surface area contributed by atoms with Crippen molar-refractivity contribution in [2.45, 2.75) is 44.4 Å². The topological polar surface area (TPSA) is 41.1 Å². The van der Waals surface area contributed by atoms with Crippen LogP contribution in [0.25, 0.3) is 0 Å². The van der Waals surface area contributed by atoms with Gasteiger partial charge in [0.1, 0.15) is 0 Å². The van der Waals surface area contributed by atoms with Crippen LogP contribution in [0.1, 0.15) is 36.8 Å². The minimum Gasteiger partial charge on any atom is -0.351 e. The number of alkyl halides is 3. The van der Waals surface area contributed by atoms with Gasteiger partial charge in [-0.25, -0.2) is 0 Å². The second-order valence-corrected chi connectivity index (χ2v) is 5.23. The number of hydrogen-bond donors (Lipinski definition) is 2. The highest BCUT2D eigenvalue weighted by molar-refractivity contribution is 5.81. The van der Waals surface area contributed by atoms with Crippen LogP contribution in [0, 0.1) is 0 Å². The fourth-order valence-electron chi connectivity index (χ4n) is 2.51. The van der Waals surface area contributed by atoms with E-state index in [9.17, 15) is 18.0 Å². The molecule has 1 aromatic carbocycles. The zero-order chi connectivity index (χ0) is 15.3. The number of rotatable bonds is 3. The van der Waals surface area contributed by atoms with Crippen molar-refractivity contribution in [2.75, 3.05) is 6.54 Å². The summed E-state index contributed by atoms with van der Waals surface area (Å²) < 4.78 is 38.6. The van der Waals surface area contributed by atoms with Crippen LogP contribution in [-0.2, 0) is 17.5 Å². The maximum atomic E-state index is 12.9. The minimum atomic E-state index is -4.40. The van der Waals surface area contributed by atoms with Crippen molar-refractivity contribution in [3.63, 3.8) is 0 Å². The molecule has 1 saturated heterocycles. The molecule has 1 aliphatic heterocycles. The zero-order valence-electron chi connectivity index (χ0n) is 11.7. The highest BCUT2D eigenvalue weighted by atomic mass is 19.4. The molecule has 0 aromatic heterocycles. The Bertz CT molecular complexity index is 480. The van der Waals surface area contributed by atoms with E-state index in [1.165, 1.54) is 12.1 Å². The Kier molecular flexibility index (Phi) is 5.22. The van der Waals surface area contributed by atoms with Gasteiger partial charge in [0, 0.05) is 6.54 Å². The lowest BCUT2D eigenvalue weighted by Crippen LogP contribution is -2.43. The largest absolute Gasteiger partial charge is 0.416 e. The standard InChI is InChI=1S/C15H19F3N2O/c16-15(17,18)12-7-4-3-6-11(12)10-20-14(21)13-8-2-1-5-9-19-13/h3-4,6-7,13,19H,1-2,5,8-10H2,(H,20,21). The molecule has 1 heterocycles. The van der Waals surface area contributed by atoms with Crippen molar-refractivity contribution in [2.24, 2.45) is 0 Å². The first-order valence-electron chi connectivity index (χ1n) is 7.14. The smallest absolute Gasteiger partial charge is 0.351 e. The summed E-state index contributed by atoms with van der Waals surface area (Å²) in [7, 11) is 0. The quantitative estimate of drug-likeness (QED) is 0.901. The highest BCUT2D eigenvalue weighted by Gasteiger charge is 2.33.